The highest BCUT2D eigenvalue weighted by Crippen LogP contribution is 2.24. The Morgan fingerprint density at radius 3 is 1.89 bits per heavy atom. The molecule has 4 aromatic rings. The van der Waals surface area contributed by atoms with Crippen molar-refractivity contribution in [1.82, 2.24) is 0 Å². The molecular weight excluding hydrogens is 471 g/mol. The normalized spacial score (nSPS) is 18.5. The van der Waals surface area contributed by atoms with E-state index >= 15 is 0 Å². The van der Waals surface area contributed by atoms with E-state index in [0.717, 1.165) is 30.6 Å². The van der Waals surface area contributed by atoms with E-state index in [4.69, 9.17) is 30.8 Å². The summed E-state index contributed by atoms with van der Waals surface area (Å²) in [6.45, 7) is 2.94. The Balaban J connectivity index is 0.000000137. The van der Waals surface area contributed by atoms with Gasteiger partial charge in [0.1, 0.15) is 5.75 Å². The molecule has 4 nitrogen and oxygen atoms in total. The zero-order chi connectivity index (χ0) is 25.0. The van der Waals surface area contributed by atoms with Crippen molar-refractivity contribution in [2.75, 3.05) is 26.4 Å². The minimum Gasteiger partial charge on any atom is -0.537 e. The summed E-state index contributed by atoms with van der Waals surface area (Å²) in [4.78, 5) is 0. The molecule has 1 unspecified atom stereocenters. The van der Waals surface area contributed by atoms with Gasteiger partial charge in [-0.25, -0.2) is 0 Å². The lowest BCUT2D eigenvalue weighted by atomic mass is 9.96. The molecule has 0 aliphatic carbocycles. The molecule has 2 heterocycles. The average molecular weight is 500 g/mol. The maximum atomic E-state index is 8.44. The lowest BCUT2D eigenvalue weighted by Gasteiger charge is -2.17. The van der Waals surface area contributed by atoms with Crippen molar-refractivity contribution in [3.63, 3.8) is 0 Å². The van der Waals surface area contributed by atoms with Crippen LogP contribution in [0.3, 0.4) is 0 Å². The molecule has 0 saturated heterocycles. The minimum absolute atomic E-state index is 0.105. The van der Waals surface area contributed by atoms with Crippen molar-refractivity contribution in [2.45, 2.75) is 11.3 Å². The largest absolute Gasteiger partial charge is 0.569 e. The smallest absolute Gasteiger partial charge is 0.537 e. The standard InChI is InChI=1S/C15H14O.C10H8BO2.C5H7ClO/c1-2-5-13-10-14(8-7-12(13)4-1)15-6-3-9-16-11-15;12-11-13-10-6-5-8-3-1-2-4-9(8)7-10;6-5-2-1-3-7-4-5/h1-8,10,15H,9,11H2;1-7,12H;1-2,5H,3-4H2/t15-;;/m1../s1. The Bertz CT molecular complexity index is 1310. The fraction of sp³-hybridized carbons (Fsp3) is 0.200. The van der Waals surface area contributed by atoms with Crippen LogP contribution in [-0.4, -0.2) is 44.5 Å². The first-order chi connectivity index (χ1) is 17.7. The third-order valence-corrected chi connectivity index (χ3v) is 6.10. The quantitative estimate of drug-likeness (QED) is 0.200. The van der Waals surface area contributed by atoms with Gasteiger partial charge in [-0.1, -0.05) is 97.1 Å². The van der Waals surface area contributed by atoms with Gasteiger partial charge in [0.05, 0.1) is 31.8 Å². The van der Waals surface area contributed by atoms with Gasteiger partial charge in [0, 0.05) is 5.92 Å². The van der Waals surface area contributed by atoms with Gasteiger partial charge in [0.15, 0.2) is 0 Å². The van der Waals surface area contributed by atoms with Gasteiger partial charge in [-0.2, -0.15) is 0 Å². The van der Waals surface area contributed by atoms with Crippen molar-refractivity contribution >= 4 is 40.8 Å². The molecular formula is C30H29BClO4. The van der Waals surface area contributed by atoms with Crippen LogP contribution in [0, 0.1) is 0 Å². The van der Waals surface area contributed by atoms with Gasteiger partial charge in [0.25, 0.3) is 0 Å². The summed E-state index contributed by atoms with van der Waals surface area (Å²) in [5.74, 6) is 1.06. The predicted molar refractivity (Wildman–Crippen MR) is 149 cm³/mol. The highest BCUT2D eigenvalue weighted by Gasteiger charge is 2.11. The second-order valence-corrected chi connectivity index (χ2v) is 8.95. The summed E-state index contributed by atoms with van der Waals surface area (Å²) >= 11 is 5.60. The molecule has 4 aromatic carbocycles. The molecule has 36 heavy (non-hydrogen) atoms. The van der Waals surface area contributed by atoms with Crippen molar-refractivity contribution in [1.29, 1.82) is 0 Å². The number of ether oxygens (including phenoxy) is 2. The van der Waals surface area contributed by atoms with Crippen LogP contribution in [-0.2, 0) is 9.47 Å². The lowest BCUT2D eigenvalue weighted by molar-refractivity contribution is 0.146. The Morgan fingerprint density at radius 1 is 0.722 bits per heavy atom. The van der Waals surface area contributed by atoms with Crippen molar-refractivity contribution < 1.29 is 19.2 Å². The third-order valence-electron chi connectivity index (χ3n) is 5.83. The zero-order valence-electron chi connectivity index (χ0n) is 20.0. The second-order valence-electron chi connectivity index (χ2n) is 8.39. The monoisotopic (exact) mass is 499 g/mol. The third kappa shape index (κ3) is 7.71. The van der Waals surface area contributed by atoms with Crippen molar-refractivity contribution in [2.24, 2.45) is 0 Å². The molecule has 0 bridgehead atoms. The molecule has 2 aliphatic heterocycles. The maximum absolute atomic E-state index is 8.44. The van der Waals surface area contributed by atoms with Gasteiger partial charge >= 0.3 is 7.69 Å². The van der Waals surface area contributed by atoms with Gasteiger partial charge < -0.3 is 19.2 Å². The molecule has 0 fully saturated rings. The van der Waals surface area contributed by atoms with Gasteiger partial charge in [0.2, 0.25) is 0 Å². The summed E-state index contributed by atoms with van der Waals surface area (Å²) in [6, 6.07) is 28.7. The van der Waals surface area contributed by atoms with Crippen LogP contribution < -0.4 is 4.65 Å². The van der Waals surface area contributed by atoms with E-state index in [1.54, 1.807) is 0 Å². The summed E-state index contributed by atoms with van der Waals surface area (Å²) in [7, 11) is 0.685. The highest BCUT2D eigenvalue weighted by molar-refractivity contribution is 6.22. The van der Waals surface area contributed by atoms with E-state index in [1.165, 1.54) is 16.3 Å². The topological polar surface area (TPSA) is 47.9 Å². The zero-order valence-corrected chi connectivity index (χ0v) is 20.8. The Hall–Kier alpha value is -3.09. The van der Waals surface area contributed by atoms with Crippen LogP contribution in [0.2, 0.25) is 0 Å². The molecule has 0 spiro atoms. The van der Waals surface area contributed by atoms with Crippen LogP contribution in [0.1, 0.15) is 11.5 Å². The number of alkyl halides is 1. The van der Waals surface area contributed by atoms with E-state index in [-0.39, 0.29) is 5.38 Å². The first-order valence-electron chi connectivity index (χ1n) is 12.0. The minimum atomic E-state index is 0.105. The van der Waals surface area contributed by atoms with Gasteiger partial charge in [-0.15, -0.1) is 11.6 Å². The average Bonchev–Trinajstić information content (AvgIpc) is 2.94. The molecule has 0 amide bonds. The van der Waals surface area contributed by atoms with E-state index in [2.05, 4.69) is 54.6 Å². The summed E-state index contributed by atoms with van der Waals surface area (Å²) in [6.07, 6.45) is 8.23. The molecule has 2 atom stereocenters. The van der Waals surface area contributed by atoms with Crippen molar-refractivity contribution in [3.8, 4) is 5.75 Å². The van der Waals surface area contributed by atoms with Gasteiger partial charge in [-0.05, 0) is 39.2 Å². The maximum Gasteiger partial charge on any atom is 0.569 e. The number of rotatable bonds is 3. The molecule has 0 saturated carbocycles. The number of hydrogen-bond donors (Lipinski definition) is 1. The fourth-order valence-electron chi connectivity index (χ4n) is 3.99. The highest BCUT2D eigenvalue weighted by atomic mass is 35.5. The molecule has 6 heteroatoms. The van der Waals surface area contributed by atoms with Gasteiger partial charge in [-0.3, -0.25) is 0 Å². The molecule has 2 aliphatic rings. The van der Waals surface area contributed by atoms with Crippen LogP contribution in [0.5, 0.6) is 5.75 Å². The first-order valence-corrected chi connectivity index (χ1v) is 12.4. The SMILES string of the molecule is C1=C[C@@H](c2ccc3ccccc3c2)COC1.ClC1C=CCOC1.O[B]Oc1ccc2ccccc2c1. The predicted octanol–water partition coefficient (Wildman–Crippen LogP) is 6.44. The molecule has 1 N–H and O–H groups in total. The van der Waals surface area contributed by atoms with Crippen molar-refractivity contribution in [3.05, 3.63) is 115 Å². The Morgan fingerprint density at radius 2 is 1.33 bits per heavy atom. The van der Waals surface area contributed by atoms with E-state index in [0.29, 0.717) is 26.0 Å². The number of benzene rings is 4. The molecule has 1 radical (unpaired) electrons. The summed E-state index contributed by atoms with van der Waals surface area (Å²) in [5, 5.41) is 13.4. The van der Waals surface area contributed by atoms with Crippen LogP contribution in [0.15, 0.2) is 109 Å². The summed E-state index contributed by atoms with van der Waals surface area (Å²) < 4.78 is 15.3. The van der Waals surface area contributed by atoms with Crippen LogP contribution in [0.25, 0.3) is 21.5 Å². The number of halogens is 1. The Kier molecular flexibility index (Phi) is 10.0. The van der Waals surface area contributed by atoms with E-state index in [9.17, 15) is 0 Å². The summed E-state index contributed by atoms with van der Waals surface area (Å²) in [5.41, 5.74) is 1.34. The number of hydrogen-bond acceptors (Lipinski definition) is 4. The Labute approximate surface area is 218 Å². The molecule has 0 aromatic heterocycles. The van der Waals surface area contributed by atoms with Crippen LogP contribution >= 0.6 is 11.6 Å². The van der Waals surface area contributed by atoms with E-state index in [1.807, 2.05) is 54.6 Å². The number of fused-ring (bicyclic) bond motifs is 2. The second kappa shape index (κ2) is 13.9. The fourth-order valence-corrected chi connectivity index (χ4v) is 4.19. The lowest BCUT2D eigenvalue weighted by Crippen LogP contribution is -2.10. The first kappa shape index (κ1) is 26.0. The van der Waals surface area contributed by atoms with E-state index < -0.39 is 0 Å². The van der Waals surface area contributed by atoms with Crippen LogP contribution in [0.4, 0.5) is 0 Å². The molecule has 6 rings (SSSR count). The molecule has 183 valence electrons.